The van der Waals surface area contributed by atoms with E-state index in [4.69, 9.17) is 5.26 Å². The lowest BCUT2D eigenvalue weighted by molar-refractivity contribution is 0.0698. The summed E-state index contributed by atoms with van der Waals surface area (Å²) >= 11 is 0. The molecular formula is C23H28N4O4S. The number of anilines is 2. The van der Waals surface area contributed by atoms with Crippen molar-refractivity contribution < 1.29 is 18.3 Å². The van der Waals surface area contributed by atoms with Gasteiger partial charge in [0.15, 0.2) is 0 Å². The van der Waals surface area contributed by atoms with Crippen molar-refractivity contribution in [3.8, 4) is 6.07 Å². The molecule has 2 N–H and O–H groups in total. The molecule has 0 amide bonds. The van der Waals surface area contributed by atoms with Gasteiger partial charge in [-0.2, -0.15) is 5.26 Å². The molecule has 8 nitrogen and oxygen atoms in total. The Balaban J connectivity index is 1.84. The van der Waals surface area contributed by atoms with Gasteiger partial charge in [-0.25, -0.2) is 13.2 Å². The van der Waals surface area contributed by atoms with Gasteiger partial charge < -0.3 is 10.0 Å². The second-order valence-corrected chi connectivity index (χ2v) is 9.73. The van der Waals surface area contributed by atoms with E-state index in [1.165, 1.54) is 12.1 Å². The van der Waals surface area contributed by atoms with Gasteiger partial charge in [0.1, 0.15) is 0 Å². The fourth-order valence-electron chi connectivity index (χ4n) is 3.86. The smallest absolute Gasteiger partial charge is 0.337 e. The third kappa shape index (κ3) is 5.21. The number of piperazine rings is 1. The summed E-state index contributed by atoms with van der Waals surface area (Å²) in [5.41, 5.74) is 3.10. The van der Waals surface area contributed by atoms with Crippen molar-refractivity contribution in [3.05, 3.63) is 52.6 Å². The van der Waals surface area contributed by atoms with Crippen LogP contribution in [0.25, 0.3) is 0 Å². The Labute approximate surface area is 189 Å². The molecule has 3 rings (SSSR count). The molecule has 9 heteroatoms. The number of aromatic carboxylic acids is 1. The van der Waals surface area contributed by atoms with Crippen molar-refractivity contribution in [1.29, 1.82) is 5.26 Å². The highest BCUT2D eigenvalue weighted by atomic mass is 32.2. The standard InChI is InChI=1S/C23H28N4O4S/c1-16-13-18(3)22(14-17(16)2)32(30,31)25-21-6-5-19(15-20(21)23(28)29)27-11-9-26(10-12-27)8-4-7-24/h5-6,13-15,25H,4,8-12H2,1-3H3,(H,28,29). The maximum absolute atomic E-state index is 13.0. The summed E-state index contributed by atoms with van der Waals surface area (Å²) in [6.45, 7) is 9.17. The van der Waals surface area contributed by atoms with Crippen molar-refractivity contribution in [1.82, 2.24) is 4.90 Å². The Kier molecular flexibility index (Phi) is 7.06. The first kappa shape index (κ1) is 23.6. The molecule has 1 heterocycles. The van der Waals surface area contributed by atoms with Gasteiger partial charge in [-0.05, 0) is 61.7 Å². The normalized spacial score (nSPS) is 14.8. The molecule has 2 aromatic carbocycles. The lowest BCUT2D eigenvalue weighted by Crippen LogP contribution is -2.46. The lowest BCUT2D eigenvalue weighted by atomic mass is 10.1. The fourth-order valence-corrected chi connectivity index (χ4v) is 5.25. The minimum absolute atomic E-state index is 0.0338. The molecule has 0 spiro atoms. The molecule has 1 aliphatic heterocycles. The third-order valence-corrected chi connectivity index (χ3v) is 7.34. The molecule has 2 aromatic rings. The number of carbonyl (C=O) groups is 1. The van der Waals surface area contributed by atoms with Crippen molar-refractivity contribution in [2.45, 2.75) is 32.1 Å². The summed E-state index contributed by atoms with van der Waals surface area (Å²) in [5.74, 6) is -1.20. The molecule has 0 atom stereocenters. The molecule has 0 saturated carbocycles. The summed E-state index contributed by atoms with van der Waals surface area (Å²) in [6, 6.07) is 10.3. The number of carboxylic acid groups (broad SMARTS) is 1. The summed E-state index contributed by atoms with van der Waals surface area (Å²) in [7, 11) is -3.95. The van der Waals surface area contributed by atoms with Crippen molar-refractivity contribution in [2.75, 3.05) is 42.3 Å². The van der Waals surface area contributed by atoms with Crippen molar-refractivity contribution in [3.63, 3.8) is 0 Å². The Morgan fingerprint density at radius 1 is 1.06 bits per heavy atom. The SMILES string of the molecule is Cc1cc(C)c(S(=O)(=O)Nc2ccc(N3CCN(CCC#N)CC3)cc2C(=O)O)cc1C. The van der Waals surface area contributed by atoms with Crippen LogP contribution >= 0.6 is 0 Å². The maximum Gasteiger partial charge on any atom is 0.337 e. The second kappa shape index (κ2) is 9.59. The van der Waals surface area contributed by atoms with Gasteiger partial charge in [0.2, 0.25) is 0 Å². The largest absolute Gasteiger partial charge is 0.478 e. The number of rotatable bonds is 7. The number of carboxylic acids is 1. The van der Waals surface area contributed by atoms with Crippen LogP contribution in [0.5, 0.6) is 0 Å². The monoisotopic (exact) mass is 456 g/mol. The second-order valence-electron chi connectivity index (χ2n) is 8.08. The highest BCUT2D eigenvalue weighted by Gasteiger charge is 2.23. The van der Waals surface area contributed by atoms with Gasteiger partial charge >= 0.3 is 5.97 Å². The van der Waals surface area contributed by atoms with Crippen LogP contribution in [0.4, 0.5) is 11.4 Å². The number of sulfonamides is 1. The van der Waals surface area contributed by atoms with Crippen molar-refractivity contribution >= 4 is 27.4 Å². The Morgan fingerprint density at radius 3 is 2.34 bits per heavy atom. The van der Waals surface area contributed by atoms with E-state index in [0.29, 0.717) is 25.1 Å². The van der Waals surface area contributed by atoms with Crippen molar-refractivity contribution in [2.24, 2.45) is 0 Å². The highest BCUT2D eigenvalue weighted by Crippen LogP contribution is 2.28. The molecule has 32 heavy (non-hydrogen) atoms. The molecule has 1 saturated heterocycles. The third-order valence-electron chi connectivity index (χ3n) is 5.84. The van der Waals surface area contributed by atoms with E-state index in [0.717, 1.165) is 36.4 Å². The molecule has 0 aliphatic carbocycles. The number of hydrogen-bond donors (Lipinski definition) is 2. The molecule has 0 bridgehead atoms. The molecule has 0 aromatic heterocycles. The molecule has 170 valence electrons. The van der Waals surface area contributed by atoms with Crippen LogP contribution in [-0.4, -0.2) is 57.1 Å². The first-order chi connectivity index (χ1) is 15.1. The molecule has 1 fully saturated rings. The zero-order chi connectivity index (χ0) is 23.5. The van der Waals surface area contributed by atoms with Crippen LogP contribution in [0.15, 0.2) is 35.2 Å². The van der Waals surface area contributed by atoms with Crippen LogP contribution < -0.4 is 9.62 Å². The van der Waals surface area contributed by atoms with Gasteiger partial charge in [0.05, 0.1) is 22.2 Å². The number of nitrogens with zero attached hydrogens (tertiary/aromatic N) is 3. The highest BCUT2D eigenvalue weighted by molar-refractivity contribution is 7.92. The lowest BCUT2D eigenvalue weighted by Gasteiger charge is -2.36. The Hall–Kier alpha value is -3.09. The summed E-state index contributed by atoms with van der Waals surface area (Å²) in [6.07, 6.45) is 0.484. The first-order valence-corrected chi connectivity index (χ1v) is 11.9. The number of hydrogen-bond acceptors (Lipinski definition) is 6. The van der Waals surface area contributed by atoms with E-state index in [1.54, 1.807) is 25.1 Å². The number of aryl methyl sites for hydroxylation is 3. The van der Waals surface area contributed by atoms with Crippen LogP contribution in [0.1, 0.15) is 33.5 Å². The zero-order valence-corrected chi connectivity index (χ0v) is 19.4. The van der Waals surface area contributed by atoms with Gasteiger partial charge in [0, 0.05) is 44.8 Å². The number of nitriles is 1. The maximum atomic E-state index is 13.0. The van der Waals surface area contributed by atoms with E-state index < -0.39 is 16.0 Å². The van der Waals surface area contributed by atoms with E-state index in [9.17, 15) is 18.3 Å². The van der Waals surface area contributed by atoms with Gasteiger partial charge in [-0.15, -0.1) is 0 Å². The van der Waals surface area contributed by atoms with Crippen LogP contribution in [0.2, 0.25) is 0 Å². The minimum Gasteiger partial charge on any atom is -0.478 e. The first-order valence-electron chi connectivity index (χ1n) is 10.4. The average molecular weight is 457 g/mol. The molecule has 0 unspecified atom stereocenters. The predicted molar refractivity (Wildman–Crippen MR) is 124 cm³/mol. The Bertz CT molecular complexity index is 1160. The van der Waals surface area contributed by atoms with Crippen LogP contribution in [-0.2, 0) is 10.0 Å². The van der Waals surface area contributed by atoms with E-state index in [1.807, 2.05) is 13.8 Å². The minimum atomic E-state index is -3.95. The molecular weight excluding hydrogens is 428 g/mol. The van der Waals surface area contributed by atoms with E-state index >= 15 is 0 Å². The van der Waals surface area contributed by atoms with Crippen LogP contribution in [0.3, 0.4) is 0 Å². The summed E-state index contributed by atoms with van der Waals surface area (Å²) < 4.78 is 28.5. The van der Waals surface area contributed by atoms with E-state index in [-0.39, 0.29) is 16.1 Å². The summed E-state index contributed by atoms with van der Waals surface area (Å²) in [4.78, 5) is 16.3. The molecule has 1 aliphatic rings. The predicted octanol–water partition coefficient (Wildman–Crippen LogP) is 3.15. The quantitative estimate of drug-likeness (QED) is 0.658. The fraction of sp³-hybridized carbons (Fsp3) is 0.391. The van der Waals surface area contributed by atoms with Gasteiger partial charge in [0.25, 0.3) is 10.0 Å². The van der Waals surface area contributed by atoms with Gasteiger partial charge in [-0.3, -0.25) is 9.62 Å². The van der Waals surface area contributed by atoms with E-state index in [2.05, 4.69) is 20.6 Å². The molecule has 0 radical (unpaired) electrons. The topological polar surface area (TPSA) is 114 Å². The zero-order valence-electron chi connectivity index (χ0n) is 18.6. The number of benzene rings is 2. The summed E-state index contributed by atoms with van der Waals surface area (Å²) in [5, 5.41) is 18.5. The number of nitrogens with one attached hydrogen (secondary N) is 1. The average Bonchev–Trinajstić information content (AvgIpc) is 2.75. The van der Waals surface area contributed by atoms with Crippen LogP contribution in [0, 0.1) is 32.1 Å². The van der Waals surface area contributed by atoms with Gasteiger partial charge in [-0.1, -0.05) is 6.07 Å². The Morgan fingerprint density at radius 2 is 1.72 bits per heavy atom.